The summed E-state index contributed by atoms with van der Waals surface area (Å²) in [6.07, 6.45) is 3.69. The van der Waals surface area contributed by atoms with Crippen LogP contribution in [-0.2, 0) is 17.4 Å². The van der Waals surface area contributed by atoms with Crippen LogP contribution in [0.4, 0.5) is 0 Å². The predicted octanol–water partition coefficient (Wildman–Crippen LogP) is 1.37. The van der Waals surface area contributed by atoms with Crippen molar-refractivity contribution in [3.8, 4) is 0 Å². The minimum Gasteiger partial charge on any atom is -0.661 e. The van der Waals surface area contributed by atoms with Gasteiger partial charge in [-0.25, -0.2) is 0 Å². The second kappa shape index (κ2) is 22.2. The Morgan fingerprint density at radius 2 is 1.14 bits per heavy atom. The fraction of sp³-hybridized carbons (Fsp3) is 0.600. The number of carbonyl (C=O) groups excluding carboxylic acids is 4. The topological polar surface area (TPSA) is 126 Å². The molecular formula is C15H31CrN2O4+5. The van der Waals surface area contributed by atoms with E-state index in [-0.39, 0.29) is 40.5 Å². The average Bonchev–Trinajstić information content (AvgIpc) is 2.27. The van der Waals surface area contributed by atoms with Gasteiger partial charge in [-0.3, -0.25) is 0 Å². The molecule has 0 saturated carbocycles. The van der Waals surface area contributed by atoms with Crippen LogP contribution in [0.15, 0.2) is 0 Å². The quantitative estimate of drug-likeness (QED) is 0.300. The maximum Gasteiger partial charge on any atom is 4.00 e. The van der Waals surface area contributed by atoms with E-state index in [2.05, 4.69) is 12.2 Å². The van der Waals surface area contributed by atoms with E-state index in [4.69, 9.17) is 24.9 Å². The first-order valence-corrected chi connectivity index (χ1v) is 6.80. The van der Waals surface area contributed by atoms with Crippen molar-refractivity contribution in [1.82, 2.24) is 0 Å². The van der Waals surface area contributed by atoms with Crippen molar-refractivity contribution >= 4 is 23.1 Å². The third-order valence-corrected chi connectivity index (χ3v) is 1.50. The van der Waals surface area contributed by atoms with Gasteiger partial charge in [-0.1, -0.05) is 13.3 Å². The van der Waals surface area contributed by atoms with Crippen molar-refractivity contribution in [2.45, 2.75) is 41.0 Å². The molecule has 22 heavy (non-hydrogen) atoms. The van der Waals surface area contributed by atoms with E-state index in [9.17, 15) is 0 Å². The van der Waals surface area contributed by atoms with Crippen LogP contribution in [0, 0.1) is 12.8 Å². The largest absolute Gasteiger partial charge is 4.00 e. The molecule has 6 nitrogen and oxygen atoms in total. The van der Waals surface area contributed by atoms with Gasteiger partial charge in [0, 0.05) is 27.7 Å². The molecule has 0 bridgehead atoms. The maximum absolute atomic E-state index is 8.40. The van der Waals surface area contributed by atoms with Crippen LogP contribution in [0.2, 0.25) is 0 Å². The fourth-order valence-corrected chi connectivity index (χ4v) is 0.966. The van der Waals surface area contributed by atoms with Gasteiger partial charge in [0.25, 0.3) is 0 Å². The predicted molar refractivity (Wildman–Crippen MR) is 91.5 cm³/mol. The molecule has 0 radical (unpaired) electrons. The van der Waals surface area contributed by atoms with Gasteiger partial charge < -0.3 is 30.2 Å². The van der Waals surface area contributed by atoms with Gasteiger partial charge >= 0.3 is 17.4 Å². The van der Waals surface area contributed by atoms with Crippen molar-refractivity contribution in [1.29, 1.82) is 0 Å². The number of ketones is 4. The van der Waals surface area contributed by atoms with Gasteiger partial charge in [-0.15, -0.1) is 13.1 Å². The molecule has 0 spiro atoms. The number of rotatable bonds is 8. The molecule has 0 aliphatic carbocycles. The normalized spacial score (nSPS) is 7.91. The van der Waals surface area contributed by atoms with E-state index < -0.39 is 0 Å². The van der Waals surface area contributed by atoms with E-state index in [0.717, 1.165) is 19.5 Å². The van der Waals surface area contributed by atoms with Gasteiger partial charge in [0.1, 0.15) is 0 Å². The first kappa shape index (κ1) is 29.0. The second-order valence-corrected chi connectivity index (χ2v) is 4.31. The van der Waals surface area contributed by atoms with Gasteiger partial charge in [-0.2, -0.15) is 12.8 Å². The molecule has 0 aliphatic heterocycles. The monoisotopic (exact) mass is 355 g/mol. The summed E-state index contributed by atoms with van der Waals surface area (Å²) in [5, 5.41) is 4.08. The zero-order valence-electron chi connectivity index (χ0n) is 14.2. The molecule has 0 heterocycles. The van der Waals surface area contributed by atoms with Gasteiger partial charge in [0.15, 0.2) is 23.1 Å². The van der Waals surface area contributed by atoms with E-state index >= 15 is 0 Å². The molecule has 0 rings (SSSR count). The van der Waals surface area contributed by atoms with Crippen molar-refractivity contribution in [3.05, 3.63) is 18.2 Å². The summed E-state index contributed by atoms with van der Waals surface area (Å²) >= 11 is 0. The Bertz CT molecular complexity index is 267. The Balaban J connectivity index is -0.000000108. The average molecular weight is 355 g/mol. The maximum atomic E-state index is 8.40. The summed E-state index contributed by atoms with van der Waals surface area (Å²) < 4.78 is 0. The molecule has 0 atom stereocenters. The fourth-order valence-electron chi connectivity index (χ4n) is 0.966. The van der Waals surface area contributed by atoms with Gasteiger partial charge in [-0.05, 0) is 6.54 Å². The van der Waals surface area contributed by atoms with Crippen molar-refractivity contribution in [2.75, 3.05) is 19.6 Å². The minimum absolute atomic E-state index is 0. The van der Waals surface area contributed by atoms with E-state index in [1.807, 2.05) is 0 Å². The van der Waals surface area contributed by atoms with Crippen molar-refractivity contribution in [3.63, 3.8) is 0 Å². The van der Waals surface area contributed by atoms with Gasteiger partial charge in [0.2, 0.25) is 0 Å². The molecule has 6 N–H and O–H groups in total. The molecule has 0 aromatic carbocycles. The number of nitrogens with zero attached hydrogens (tertiary/aromatic N) is 1. The van der Waals surface area contributed by atoms with Crippen LogP contribution in [0.3, 0.4) is 0 Å². The third kappa shape index (κ3) is 51.0. The minimum atomic E-state index is 0. The number of hydrogen-bond acceptors (Lipinski definition) is 1. The Morgan fingerprint density at radius 1 is 0.818 bits per heavy atom. The molecule has 0 aliphatic rings. The molecule has 0 aromatic heterocycles. The standard InChI is InChI=1S/C5H13N2.2C5H7O2.Cr/c1-2-4-7-5-3-6;2*1-4(6)3-5(2)7;/h2-6H2,1H3;2*3H,1-2H3;/q3*-1;+4/p+4. The van der Waals surface area contributed by atoms with Crippen LogP contribution >= 0.6 is 0 Å². The second-order valence-electron chi connectivity index (χ2n) is 4.31. The molecular weight excluding hydrogens is 324 g/mol. The van der Waals surface area contributed by atoms with Crippen LogP contribution in [0.5, 0.6) is 0 Å². The smallest absolute Gasteiger partial charge is 0.661 e. The molecule has 0 amide bonds. The molecule has 0 unspecified atom stereocenters. The SMILES string of the molecule is CC(=[OH+])[CH-]C(C)=[OH+].CC(=[OH+])[CH-]C(C)=[OH+].CCC[N-]CCN.[Cr+4]. The van der Waals surface area contributed by atoms with Gasteiger partial charge in [0.05, 0.1) is 0 Å². The summed E-state index contributed by atoms with van der Waals surface area (Å²) in [4.78, 5) is 33.6. The molecule has 126 valence electrons. The first-order chi connectivity index (χ1) is 9.67. The van der Waals surface area contributed by atoms with Crippen LogP contribution in [-0.4, -0.2) is 61.9 Å². The molecule has 0 saturated heterocycles. The Kier molecular flexibility index (Phi) is 29.2. The Hall–Kier alpha value is -1.13. The number of nitrogens with two attached hydrogens (primary N) is 1. The van der Waals surface area contributed by atoms with E-state index in [1.165, 1.54) is 40.5 Å². The summed E-state index contributed by atoms with van der Waals surface area (Å²) in [6.45, 7) is 10.6. The summed E-state index contributed by atoms with van der Waals surface area (Å²) in [5.74, 6) is 0.500. The molecule has 0 fully saturated rings. The zero-order chi connectivity index (χ0) is 17.3. The van der Waals surface area contributed by atoms with Crippen LogP contribution in [0.25, 0.3) is 5.32 Å². The summed E-state index contributed by atoms with van der Waals surface area (Å²) in [5.41, 5.74) is 5.18. The van der Waals surface area contributed by atoms with E-state index in [1.54, 1.807) is 0 Å². The Labute approximate surface area is 144 Å². The molecule has 7 heteroatoms. The van der Waals surface area contributed by atoms with E-state index in [0.29, 0.717) is 6.54 Å². The summed E-state index contributed by atoms with van der Waals surface area (Å²) in [6, 6.07) is 0. The summed E-state index contributed by atoms with van der Waals surface area (Å²) in [7, 11) is 0. The molecule has 0 aromatic rings. The van der Waals surface area contributed by atoms with Crippen molar-refractivity contribution < 1.29 is 36.5 Å². The van der Waals surface area contributed by atoms with Crippen LogP contribution in [0.1, 0.15) is 41.0 Å². The first-order valence-electron chi connectivity index (χ1n) is 6.80. The number of hydrogen-bond donors (Lipinski definition) is 1. The van der Waals surface area contributed by atoms with Crippen LogP contribution < -0.4 is 5.73 Å². The van der Waals surface area contributed by atoms with Crippen molar-refractivity contribution in [2.24, 2.45) is 5.73 Å². The Morgan fingerprint density at radius 3 is 1.27 bits per heavy atom. The zero-order valence-corrected chi connectivity index (χ0v) is 15.5. The third-order valence-electron chi connectivity index (χ3n) is 1.50.